The van der Waals surface area contributed by atoms with Crippen molar-refractivity contribution >= 4 is 45.3 Å². The molecule has 2 aromatic rings. The van der Waals surface area contributed by atoms with Gasteiger partial charge in [0.1, 0.15) is 0 Å². The van der Waals surface area contributed by atoms with Crippen molar-refractivity contribution in [2.75, 3.05) is 19.6 Å². The van der Waals surface area contributed by atoms with E-state index in [4.69, 9.17) is 17.3 Å². The number of halogens is 4. The first-order valence-corrected chi connectivity index (χ1v) is 14.1. The lowest BCUT2D eigenvalue weighted by Crippen LogP contribution is -2.42. The zero-order chi connectivity index (χ0) is 29.1. The first-order chi connectivity index (χ1) is 18.8. The molecule has 1 amide bonds. The first-order valence-electron chi connectivity index (χ1n) is 12.3. The second-order valence-corrected chi connectivity index (χ2v) is 11.3. The van der Waals surface area contributed by atoms with Crippen molar-refractivity contribution in [3.63, 3.8) is 0 Å². The lowest BCUT2D eigenvalue weighted by atomic mass is 9.91. The maximum atomic E-state index is 13.2. The van der Waals surface area contributed by atoms with Gasteiger partial charge in [0.25, 0.3) is 5.96 Å². The maximum Gasteiger partial charge on any atom is 0.391 e. The zero-order valence-corrected chi connectivity index (χ0v) is 22.9. The summed E-state index contributed by atoms with van der Waals surface area (Å²) in [6, 6.07) is 16.3. The van der Waals surface area contributed by atoms with Crippen molar-refractivity contribution < 1.29 is 26.4 Å². The molecule has 0 bridgehead atoms. The second-order valence-electron chi connectivity index (χ2n) is 9.30. The van der Waals surface area contributed by atoms with E-state index in [1.165, 1.54) is 11.9 Å². The van der Waals surface area contributed by atoms with Gasteiger partial charge in [0.15, 0.2) is 0 Å². The lowest BCUT2D eigenvalue weighted by molar-refractivity contribution is -0.182. The Hall–Kier alpha value is -3.49. The number of benzene rings is 2. The smallest absolute Gasteiger partial charge is 0.369 e. The predicted molar refractivity (Wildman–Crippen MR) is 146 cm³/mol. The van der Waals surface area contributed by atoms with E-state index in [0.29, 0.717) is 10.7 Å². The van der Waals surface area contributed by atoms with Crippen molar-refractivity contribution in [2.45, 2.75) is 31.9 Å². The average molecular weight is 598 g/mol. The van der Waals surface area contributed by atoms with Crippen LogP contribution in [0.3, 0.4) is 0 Å². The Bertz CT molecular complexity index is 1420. The Morgan fingerprint density at radius 1 is 1.10 bits per heavy atom. The number of nitrogens with one attached hydrogen (secondary N) is 1. The molecule has 3 N–H and O–H groups in total. The molecule has 15 heteroatoms. The molecule has 2 aromatic carbocycles. The minimum Gasteiger partial charge on any atom is -0.369 e. The summed E-state index contributed by atoms with van der Waals surface area (Å²) < 4.78 is 70.5. The van der Waals surface area contributed by atoms with E-state index in [2.05, 4.69) is 19.8 Å². The Morgan fingerprint density at radius 2 is 1.73 bits per heavy atom. The van der Waals surface area contributed by atoms with Crippen LogP contribution < -0.4 is 11.1 Å². The van der Waals surface area contributed by atoms with E-state index in [0.717, 1.165) is 15.4 Å². The third kappa shape index (κ3) is 7.17. The first kappa shape index (κ1) is 29.5. The van der Waals surface area contributed by atoms with Gasteiger partial charge in [-0.3, -0.25) is 10.1 Å². The van der Waals surface area contributed by atoms with Crippen LogP contribution in [0, 0.1) is 5.92 Å². The predicted octanol–water partition coefficient (Wildman–Crippen LogP) is 3.47. The monoisotopic (exact) mass is 597 g/mol. The molecule has 4 rings (SSSR count). The topological polar surface area (TPSA) is 133 Å². The molecular weight excluding hydrogens is 571 g/mol. The normalized spacial score (nSPS) is 20.0. The molecule has 10 nitrogen and oxygen atoms in total. The minimum absolute atomic E-state index is 0.114. The van der Waals surface area contributed by atoms with E-state index >= 15 is 0 Å². The number of piperidine rings is 1. The van der Waals surface area contributed by atoms with Gasteiger partial charge in [0.05, 0.1) is 18.2 Å². The summed E-state index contributed by atoms with van der Waals surface area (Å²) in [6.07, 6.45) is -5.18. The highest BCUT2D eigenvalue weighted by molar-refractivity contribution is 7.87. The highest BCUT2D eigenvalue weighted by Gasteiger charge is 2.43. The third-order valence-electron chi connectivity index (χ3n) is 6.45. The molecule has 0 spiro atoms. The number of guanidine groups is 2. The molecule has 2 aliphatic rings. The van der Waals surface area contributed by atoms with E-state index < -0.39 is 40.1 Å². The minimum atomic E-state index is -4.48. The molecular formula is C25H27ClF3N7O3S. The Kier molecular flexibility index (Phi) is 8.80. The molecule has 1 atom stereocenters. The maximum absolute atomic E-state index is 13.2. The Labute approximate surface area is 234 Å². The highest BCUT2D eigenvalue weighted by Crippen LogP contribution is 2.35. The fourth-order valence-corrected chi connectivity index (χ4v) is 5.73. The number of amides is 1. The highest BCUT2D eigenvalue weighted by atomic mass is 35.5. The number of hydrogen-bond donors (Lipinski definition) is 2. The summed E-state index contributed by atoms with van der Waals surface area (Å²) in [4.78, 5) is 15.5. The summed E-state index contributed by atoms with van der Waals surface area (Å²) in [5, 5.41) is 8.65. The standard InChI is InChI=1S/C25H27ClF3N7O3S/c1-16(37)31-23(30)32-24(34-40(38,39)35-13-11-19(12-14-35)25(27,28)29)36-15-21(17-5-3-2-4-6-17)22(33-36)18-7-9-20(26)10-8-18/h2-10,19,21H,11-15H2,1H3,(H3,30,31,32,34,37)/t21-/m1/s1. The van der Waals surface area contributed by atoms with Crippen molar-refractivity contribution in [1.29, 1.82) is 0 Å². The number of alkyl halides is 3. The largest absolute Gasteiger partial charge is 0.391 e. The van der Waals surface area contributed by atoms with E-state index in [1.54, 1.807) is 24.3 Å². The van der Waals surface area contributed by atoms with Crippen LogP contribution in [0.1, 0.15) is 36.8 Å². The molecule has 0 saturated carbocycles. The SMILES string of the molecule is CC(=O)N/C(N)=N/C(=N/S(=O)(=O)N1CCC(C(F)(F)F)CC1)N1C[C@H](c2ccccc2)C(c2ccc(Cl)cc2)=N1. The second kappa shape index (κ2) is 11.9. The van der Waals surface area contributed by atoms with E-state index in [9.17, 15) is 26.4 Å². The van der Waals surface area contributed by atoms with Crippen LogP contribution in [0.4, 0.5) is 13.2 Å². The number of rotatable bonds is 4. The fourth-order valence-electron chi connectivity index (χ4n) is 4.47. The molecule has 0 aromatic heterocycles. The van der Waals surface area contributed by atoms with Gasteiger partial charge >= 0.3 is 16.4 Å². The molecule has 1 saturated heterocycles. The Morgan fingerprint density at radius 3 is 2.30 bits per heavy atom. The third-order valence-corrected chi connectivity index (χ3v) is 8.12. The van der Waals surface area contributed by atoms with Crippen molar-refractivity contribution in [1.82, 2.24) is 14.6 Å². The van der Waals surface area contributed by atoms with Crippen LogP contribution >= 0.6 is 11.6 Å². The van der Waals surface area contributed by atoms with Gasteiger partial charge in [-0.15, -0.1) is 4.40 Å². The molecule has 214 valence electrons. The number of hydrazone groups is 1. The van der Waals surface area contributed by atoms with Gasteiger partial charge in [0, 0.05) is 31.0 Å². The van der Waals surface area contributed by atoms with E-state index in [-0.39, 0.29) is 38.4 Å². The van der Waals surface area contributed by atoms with Gasteiger partial charge in [-0.05, 0) is 36.1 Å². The fraction of sp³-hybridized carbons (Fsp3) is 0.360. The number of aliphatic imine (C=N–C) groups is 1. The lowest BCUT2D eigenvalue weighted by Gasteiger charge is -2.30. The average Bonchev–Trinajstić information content (AvgIpc) is 3.34. The van der Waals surface area contributed by atoms with E-state index in [1.807, 2.05) is 30.3 Å². The van der Waals surface area contributed by atoms with Crippen molar-refractivity contribution in [3.8, 4) is 0 Å². The number of carbonyl (C=O) groups excluding carboxylic acids is 1. The number of hydrogen-bond acceptors (Lipinski definition) is 4. The van der Waals surface area contributed by atoms with Gasteiger partial charge in [-0.1, -0.05) is 54.1 Å². The molecule has 0 aliphatic carbocycles. The van der Waals surface area contributed by atoms with Crippen molar-refractivity contribution in [2.24, 2.45) is 26.1 Å². The van der Waals surface area contributed by atoms with Crippen LogP contribution in [-0.2, 0) is 15.0 Å². The van der Waals surface area contributed by atoms with Crippen LogP contribution in [0.5, 0.6) is 0 Å². The summed E-state index contributed by atoms with van der Waals surface area (Å²) >= 11 is 6.06. The molecule has 0 unspecified atom stereocenters. The number of nitrogens with two attached hydrogens (primary N) is 1. The quantitative estimate of drug-likeness (QED) is 0.411. The molecule has 0 radical (unpaired) electrons. The molecule has 1 fully saturated rings. The zero-order valence-electron chi connectivity index (χ0n) is 21.3. The molecule has 2 aliphatic heterocycles. The van der Waals surface area contributed by atoms with Gasteiger partial charge in [0.2, 0.25) is 11.9 Å². The van der Waals surface area contributed by atoms with Crippen LogP contribution in [0.15, 0.2) is 69.1 Å². The number of nitrogens with zero attached hydrogens (tertiary/aromatic N) is 5. The molecule has 2 heterocycles. The summed E-state index contributed by atoms with van der Waals surface area (Å²) in [7, 11) is -4.48. The van der Waals surface area contributed by atoms with Crippen LogP contribution in [0.2, 0.25) is 5.02 Å². The summed E-state index contributed by atoms with van der Waals surface area (Å²) in [6.45, 7) is 0.586. The molecule has 40 heavy (non-hydrogen) atoms. The van der Waals surface area contributed by atoms with Crippen LogP contribution in [0.25, 0.3) is 0 Å². The summed E-state index contributed by atoms with van der Waals surface area (Å²) in [5.74, 6) is -3.35. The van der Waals surface area contributed by atoms with Crippen molar-refractivity contribution in [3.05, 3.63) is 70.7 Å². The van der Waals surface area contributed by atoms with Gasteiger partial charge in [-0.25, -0.2) is 5.01 Å². The van der Waals surface area contributed by atoms with Crippen LogP contribution in [-0.4, -0.2) is 67.1 Å². The van der Waals surface area contributed by atoms with Gasteiger partial charge in [-0.2, -0.15) is 36.0 Å². The summed E-state index contributed by atoms with van der Waals surface area (Å²) in [5.41, 5.74) is 8.01. The van der Waals surface area contributed by atoms with Gasteiger partial charge < -0.3 is 5.73 Å². The Balaban J connectivity index is 1.73. The number of carbonyl (C=O) groups is 1.